The number of halogens is 1. The van der Waals surface area contributed by atoms with E-state index in [1.165, 1.54) is 11.3 Å². The number of fused-ring (bicyclic) bond motifs is 1. The van der Waals surface area contributed by atoms with E-state index in [0.717, 1.165) is 34.3 Å². The molecule has 4 nitrogen and oxygen atoms in total. The molecular weight excluding hydrogens is 282 g/mol. The maximum Gasteiger partial charge on any atom is 0.263 e. The molecule has 3 N–H and O–H groups in total. The Morgan fingerprint density at radius 1 is 1.47 bits per heavy atom. The Morgan fingerprint density at radius 3 is 2.79 bits per heavy atom. The lowest BCUT2D eigenvalue weighted by molar-refractivity contribution is 0.0956. The summed E-state index contributed by atoms with van der Waals surface area (Å²) in [5, 5.41) is 4.38. The summed E-state index contributed by atoms with van der Waals surface area (Å²) in [6.07, 6.45) is 2.11. The number of nitrogens with zero attached hydrogens (tertiary/aromatic N) is 1. The summed E-state index contributed by atoms with van der Waals surface area (Å²) in [4.78, 5) is 17.9. The summed E-state index contributed by atoms with van der Waals surface area (Å²) in [5.74, 6) is -0.101. The molecule has 1 aliphatic rings. The van der Waals surface area contributed by atoms with Gasteiger partial charge in [0.1, 0.15) is 9.71 Å². The van der Waals surface area contributed by atoms with E-state index in [2.05, 4.69) is 10.3 Å². The van der Waals surface area contributed by atoms with E-state index in [9.17, 15) is 4.79 Å². The Morgan fingerprint density at radius 2 is 2.16 bits per heavy atom. The molecule has 2 aromatic rings. The number of nitrogens with two attached hydrogens (primary N) is 1. The zero-order valence-corrected chi connectivity index (χ0v) is 12.3. The van der Waals surface area contributed by atoms with Crippen molar-refractivity contribution in [2.45, 2.75) is 32.7 Å². The van der Waals surface area contributed by atoms with Gasteiger partial charge in [-0.3, -0.25) is 4.79 Å². The van der Waals surface area contributed by atoms with Crippen LogP contribution in [0.3, 0.4) is 0 Å². The largest absolute Gasteiger partial charge is 0.397 e. The van der Waals surface area contributed by atoms with Crippen molar-refractivity contribution in [3.05, 3.63) is 21.2 Å². The van der Waals surface area contributed by atoms with Gasteiger partial charge in [-0.1, -0.05) is 11.6 Å². The van der Waals surface area contributed by atoms with Crippen LogP contribution in [0.15, 0.2) is 0 Å². The lowest BCUT2D eigenvalue weighted by Gasteiger charge is -2.04. The van der Waals surface area contributed by atoms with Gasteiger partial charge in [0, 0.05) is 11.4 Å². The van der Waals surface area contributed by atoms with Crippen molar-refractivity contribution in [2.75, 3.05) is 5.73 Å². The van der Waals surface area contributed by atoms with Crippen LogP contribution in [-0.4, -0.2) is 16.9 Å². The maximum atomic E-state index is 12.1. The van der Waals surface area contributed by atoms with Crippen LogP contribution in [0.4, 0.5) is 5.69 Å². The summed E-state index contributed by atoms with van der Waals surface area (Å²) < 4.78 is 0. The number of aryl methyl sites for hydroxylation is 2. The third kappa shape index (κ3) is 2.07. The van der Waals surface area contributed by atoms with Crippen molar-refractivity contribution in [3.63, 3.8) is 0 Å². The Labute approximate surface area is 120 Å². The normalized spacial score (nSPS) is 14.9. The van der Waals surface area contributed by atoms with E-state index < -0.39 is 0 Å². The minimum atomic E-state index is -0.101. The van der Waals surface area contributed by atoms with Crippen LogP contribution in [-0.2, 0) is 0 Å². The summed E-state index contributed by atoms with van der Waals surface area (Å²) in [5.41, 5.74) is 8.26. The molecule has 1 aliphatic carbocycles. The molecule has 0 aromatic carbocycles. The predicted molar refractivity (Wildman–Crippen MR) is 79.0 cm³/mol. The van der Waals surface area contributed by atoms with Crippen molar-refractivity contribution in [1.82, 2.24) is 10.3 Å². The highest BCUT2D eigenvalue weighted by atomic mass is 35.5. The van der Waals surface area contributed by atoms with Gasteiger partial charge in [0.05, 0.1) is 16.4 Å². The first kappa shape index (κ1) is 12.7. The minimum Gasteiger partial charge on any atom is -0.397 e. The van der Waals surface area contributed by atoms with Crippen molar-refractivity contribution in [3.8, 4) is 0 Å². The fourth-order valence-corrected chi connectivity index (χ4v) is 3.34. The first-order chi connectivity index (χ1) is 8.99. The van der Waals surface area contributed by atoms with Crippen LogP contribution < -0.4 is 11.1 Å². The molecule has 1 fully saturated rings. The van der Waals surface area contributed by atoms with Gasteiger partial charge in [0.15, 0.2) is 0 Å². The fourth-order valence-electron chi connectivity index (χ4n) is 2.10. The lowest BCUT2D eigenvalue weighted by atomic mass is 10.1. The van der Waals surface area contributed by atoms with E-state index >= 15 is 0 Å². The topological polar surface area (TPSA) is 68.0 Å². The number of pyridine rings is 1. The van der Waals surface area contributed by atoms with Crippen molar-refractivity contribution >= 4 is 44.7 Å². The molecule has 0 bridgehead atoms. The lowest BCUT2D eigenvalue weighted by Crippen LogP contribution is -2.25. The summed E-state index contributed by atoms with van der Waals surface area (Å²) >= 11 is 7.53. The Balaban J connectivity index is 2.14. The van der Waals surface area contributed by atoms with E-state index in [-0.39, 0.29) is 5.91 Å². The molecule has 0 radical (unpaired) electrons. The number of hydrogen-bond acceptors (Lipinski definition) is 4. The van der Waals surface area contributed by atoms with Crippen LogP contribution in [0.1, 0.15) is 33.8 Å². The SMILES string of the molecule is Cc1nc2sc(C(=O)NC3CC3)c(N)c2c(C)c1Cl. The van der Waals surface area contributed by atoms with Crippen LogP contribution >= 0.6 is 22.9 Å². The number of anilines is 1. The van der Waals surface area contributed by atoms with E-state index in [1.807, 2.05) is 13.8 Å². The highest BCUT2D eigenvalue weighted by molar-refractivity contribution is 7.21. The van der Waals surface area contributed by atoms with E-state index in [0.29, 0.717) is 21.6 Å². The van der Waals surface area contributed by atoms with Crippen LogP contribution in [0.25, 0.3) is 10.2 Å². The molecule has 0 saturated heterocycles. The molecule has 6 heteroatoms. The summed E-state index contributed by atoms with van der Waals surface area (Å²) in [6.45, 7) is 3.76. The average Bonchev–Trinajstić information content (AvgIpc) is 3.10. The molecule has 0 spiro atoms. The smallest absolute Gasteiger partial charge is 0.263 e. The first-order valence-electron chi connectivity index (χ1n) is 6.14. The second kappa shape index (κ2) is 4.35. The Kier molecular flexibility index (Phi) is 2.91. The molecule has 0 unspecified atom stereocenters. The second-order valence-electron chi connectivity index (χ2n) is 4.91. The standard InChI is InChI=1S/C13H14ClN3OS/c1-5-8-10(15)11(12(18)17-7-3-4-7)19-13(8)16-6(2)9(5)14/h7H,3-4,15H2,1-2H3,(H,17,18). The van der Waals surface area contributed by atoms with Gasteiger partial charge in [-0.05, 0) is 32.3 Å². The molecule has 0 atom stereocenters. The molecule has 1 saturated carbocycles. The fraction of sp³-hybridized carbons (Fsp3) is 0.385. The summed E-state index contributed by atoms with van der Waals surface area (Å²) in [6, 6.07) is 0.316. The minimum absolute atomic E-state index is 0.101. The third-order valence-electron chi connectivity index (χ3n) is 3.34. The number of hydrogen-bond donors (Lipinski definition) is 2. The first-order valence-corrected chi connectivity index (χ1v) is 7.34. The molecule has 2 aromatic heterocycles. The average molecular weight is 296 g/mol. The number of amides is 1. The Hall–Kier alpha value is -1.33. The summed E-state index contributed by atoms with van der Waals surface area (Å²) in [7, 11) is 0. The molecule has 1 amide bonds. The zero-order chi connectivity index (χ0) is 13.7. The highest BCUT2D eigenvalue weighted by Gasteiger charge is 2.27. The zero-order valence-electron chi connectivity index (χ0n) is 10.7. The maximum absolute atomic E-state index is 12.1. The highest BCUT2D eigenvalue weighted by Crippen LogP contribution is 2.38. The van der Waals surface area contributed by atoms with Crippen molar-refractivity contribution in [1.29, 1.82) is 0 Å². The third-order valence-corrected chi connectivity index (χ3v) is 4.99. The number of nitrogens with one attached hydrogen (secondary N) is 1. The van der Waals surface area contributed by atoms with Crippen molar-refractivity contribution in [2.24, 2.45) is 0 Å². The van der Waals surface area contributed by atoms with Gasteiger partial charge < -0.3 is 11.1 Å². The monoisotopic (exact) mass is 295 g/mol. The molecule has 0 aliphatic heterocycles. The van der Waals surface area contributed by atoms with Crippen LogP contribution in [0.2, 0.25) is 5.02 Å². The molecule has 19 heavy (non-hydrogen) atoms. The van der Waals surface area contributed by atoms with Crippen LogP contribution in [0.5, 0.6) is 0 Å². The number of carbonyl (C=O) groups is 1. The molecule has 100 valence electrons. The quantitative estimate of drug-likeness (QED) is 0.895. The van der Waals surface area contributed by atoms with Crippen LogP contribution in [0, 0.1) is 13.8 Å². The van der Waals surface area contributed by atoms with E-state index in [4.69, 9.17) is 17.3 Å². The number of carbonyl (C=O) groups excluding carboxylic acids is 1. The molecule has 2 heterocycles. The number of nitrogen functional groups attached to an aromatic ring is 1. The van der Waals surface area contributed by atoms with Gasteiger partial charge in [-0.15, -0.1) is 11.3 Å². The van der Waals surface area contributed by atoms with Gasteiger partial charge in [0.2, 0.25) is 0 Å². The molecular formula is C13H14ClN3OS. The van der Waals surface area contributed by atoms with Gasteiger partial charge in [0.25, 0.3) is 5.91 Å². The van der Waals surface area contributed by atoms with Gasteiger partial charge >= 0.3 is 0 Å². The Bertz CT molecular complexity index is 691. The van der Waals surface area contributed by atoms with Crippen molar-refractivity contribution < 1.29 is 4.79 Å². The second-order valence-corrected chi connectivity index (χ2v) is 6.29. The number of thiophene rings is 1. The predicted octanol–water partition coefficient (Wildman–Crippen LogP) is 3.04. The van der Waals surface area contributed by atoms with Gasteiger partial charge in [-0.2, -0.15) is 0 Å². The van der Waals surface area contributed by atoms with E-state index in [1.54, 1.807) is 0 Å². The molecule has 3 rings (SSSR count). The van der Waals surface area contributed by atoms with Gasteiger partial charge in [-0.25, -0.2) is 4.98 Å². The number of rotatable bonds is 2. The number of aromatic nitrogens is 1.